The third-order valence-corrected chi connectivity index (χ3v) is 3.86. The molecule has 0 bridgehead atoms. The highest BCUT2D eigenvalue weighted by Crippen LogP contribution is 2.19. The van der Waals surface area contributed by atoms with Crippen LogP contribution in [0.3, 0.4) is 0 Å². The first-order valence-electron chi connectivity index (χ1n) is 7.94. The Labute approximate surface area is 130 Å². The van der Waals surface area contributed by atoms with Crippen LogP contribution in [0.25, 0.3) is 0 Å². The predicted octanol–water partition coefficient (Wildman–Crippen LogP) is 3.27. The molecule has 0 saturated heterocycles. The molecular formula is C18H32N2O. The lowest BCUT2D eigenvalue weighted by Gasteiger charge is -2.32. The van der Waals surface area contributed by atoms with E-state index in [1.807, 2.05) is 0 Å². The van der Waals surface area contributed by atoms with Gasteiger partial charge in [0.05, 0.1) is 6.61 Å². The number of anilines is 1. The number of benzene rings is 1. The molecule has 2 N–H and O–H groups in total. The van der Waals surface area contributed by atoms with E-state index in [-0.39, 0.29) is 12.1 Å². The first-order valence-corrected chi connectivity index (χ1v) is 7.94. The molecule has 0 spiro atoms. The zero-order chi connectivity index (χ0) is 16.0. The fourth-order valence-electron chi connectivity index (χ4n) is 2.90. The first kappa shape index (κ1) is 18.0. The Morgan fingerprint density at radius 3 is 2.24 bits per heavy atom. The highest BCUT2D eigenvalue weighted by Gasteiger charge is 2.23. The smallest absolute Gasteiger partial charge is 0.0610 e. The summed E-state index contributed by atoms with van der Waals surface area (Å²) in [7, 11) is 2.14. The monoisotopic (exact) mass is 292 g/mol. The van der Waals surface area contributed by atoms with Crippen molar-refractivity contribution in [3.8, 4) is 0 Å². The number of hydrogen-bond acceptors (Lipinski definition) is 3. The molecule has 120 valence electrons. The van der Waals surface area contributed by atoms with Gasteiger partial charge in [0.25, 0.3) is 0 Å². The molecule has 0 amide bonds. The van der Waals surface area contributed by atoms with Crippen LogP contribution in [0.1, 0.15) is 44.7 Å². The molecule has 0 saturated carbocycles. The van der Waals surface area contributed by atoms with Crippen molar-refractivity contribution >= 4 is 5.69 Å². The van der Waals surface area contributed by atoms with Crippen molar-refractivity contribution in [2.24, 2.45) is 0 Å². The summed E-state index contributed by atoms with van der Waals surface area (Å²) in [4.78, 5) is 2.30. The lowest BCUT2D eigenvalue weighted by Crippen LogP contribution is -2.49. The summed E-state index contributed by atoms with van der Waals surface area (Å²) in [6.45, 7) is 11.8. The van der Waals surface area contributed by atoms with Crippen LogP contribution in [0.5, 0.6) is 0 Å². The second-order valence-electron chi connectivity index (χ2n) is 6.89. The molecule has 3 nitrogen and oxygen atoms in total. The molecule has 3 heteroatoms. The maximum Gasteiger partial charge on any atom is 0.0610 e. The van der Waals surface area contributed by atoms with Gasteiger partial charge in [0, 0.05) is 30.9 Å². The number of rotatable bonds is 8. The van der Waals surface area contributed by atoms with Gasteiger partial charge in [-0.15, -0.1) is 0 Å². The van der Waals surface area contributed by atoms with Crippen LogP contribution in [0.2, 0.25) is 0 Å². The van der Waals surface area contributed by atoms with E-state index in [0.29, 0.717) is 6.04 Å². The average Bonchev–Trinajstić information content (AvgIpc) is 2.36. The van der Waals surface area contributed by atoms with Crippen molar-refractivity contribution in [3.63, 3.8) is 0 Å². The van der Waals surface area contributed by atoms with Crippen LogP contribution in [0.4, 0.5) is 5.69 Å². The Kier molecular flexibility index (Phi) is 6.69. The predicted molar refractivity (Wildman–Crippen MR) is 92.2 cm³/mol. The minimum Gasteiger partial charge on any atom is -0.394 e. The number of aliphatic hydroxyl groups excluding tert-OH is 1. The van der Waals surface area contributed by atoms with E-state index in [1.165, 1.54) is 16.8 Å². The van der Waals surface area contributed by atoms with Crippen molar-refractivity contribution in [2.45, 2.75) is 59.0 Å². The molecular weight excluding hydrogens is 260 g/mol. The largest absolute Gasteiger partial charge is 0.394 e. The molecule has 0 aliphatic heterocycles. The van der Waals surface area contributed by atoms with Crippen molar-refractivity contribution in [3.05, 3.63) is 29.3 Å². The topological polar surface area (TPSA) is 35.5 Å². The van der Waals surface area contributed by atoms with Crippen LogP contribution in [-0.2, 0) is 0 Å². The molecule has 0 aromatic heterocycles. The summed E-state index contributed by atoms with van der Waals surface area (Å²) in [6, 6.07) is 7.04. The fraction of sp³-hybridized carbons (Fsp3) is 0.667. The van der Waals surface area contributed by atoms with Gasteiger partial charge in [0.2, 0.25) is 0 Å². The number of aryl methyl sites for hydroxylation is 2. The molecule has 0 aliphatic carbocycles. The van der Waals surface area contributed by atoms with E-state index in [0.717, 1.165) is 19.4 Å². The van der Waals surface area contributed by atoms with Crippen LogP contribution in [-0.4, -0.2) is 36.9 Å². The van der Waals surface area contributed by atoms with Gasteiger partial charge in [0.15, 0.2) is 0 Å². The van der Waals surface area contributed by atoms with Gasteiger partial charge in [-0.1, -0.05) is 19.9 Å². The number of hydrogen-bond donors (Lipinski definition) is 2. The third-order valence-electron chi connectivity index (χ3n) is 3.86. The lowest BCUT2D eigenvalue weighted by molar-refractivity contribution is 0.155. The molecule has 0 radical (unpaired) electrons. The van der Waals surface area contributed by atoms with Crippen molar-refractivity contribution in [1.82, 2.24) is 5.32 Å². The summed E-state index contributed by atoms with van der Waals surface area (Å²) in [5.41, 5.74) is 3.70. The maximum absolute atomic E-state index is 9.61. The molecule has 1 unspecified atom stereocenters. The van der Waals surface area contributed by atoms with Gasteiger partial charge in [-0.05, 0) is 56.9 Å². The summed E-state index contributed by atoms with van der Waals surface area (Å²) in [5, 5.41) is 13.1. The van der Waals surface area contributed by atoms with Crippen LogP contribution in [0, 0.1) is 13.8 Å². The number of nitrogens with zero attached hydrogens (tertiary/aromatic N) is 1. The van der Waals surface area contributed by atoms with Gasteiger partial charge < -0.3 is 15.3 Å². The highest BCUT2D eigenvalue weighted by atomic mass is 16.3. The number of aliphatic hydroxyl groups is 1. The average molecular weight is 292 g/mol. The van der Waals surface area contributed by atoms with Gasteiger partial charge >= 0.3 is 0 Å². The Hall–Kier alpha value is -1.06. The van der Waals surface area contributed by atoms with E-state index < -0.39 is 0 Å². The van der Waals surface area contributed by atoms with Gasteiger partial charge in [-0.25, -0.2) is 0 Å². The van der Waals surface area contributed by atoms with Crippen molar-refractivity contribution < 1.29 is 5.11 Å². The summed E-state index contributed by atoms with van der Waals surface area (Å²) in [5.74, 6) is 0. The van der Waals surface area contributed by atoms with Crippen LogP contribution >= 0.6 is 0 Å². The fourth-order valence-corrected chi connectivity index (χ4v) is 2.90. The van der Waals surface area contributed by atoms with Gasteiger partial charge in [0.1, 0.15) is 0 Å². The van der Waals surface area contributed by atoms with E-state index in [2.05, 4.69) is 70.1 Å². The van der Waals surface area contributed by atoms with Crippen molar-refractivity contribution in [2.75, 3.05) is 25.1 Å². The quantitative estimate of drug-likeness (QED) is 0.772. The molecule has 0 heterocycles. The molecule has 1 aromatic rings. The molecule has 21 heavy (non-hydrogen) atoms. The maximum atomic E-state index is 9.61. The number of nitrogens with one attached hydrogen (secondary N) is 1. The first-order chi connectivity index (χ1) is 9.75. The Bertz CT molecular complexity index is 425. The Morgan fingerprint density at radius 2 is 1.76 bits per heavy atom. The summed E-state index contributed by atoms with van der Waals surface area (Å²) >= 11 is 0. The molecule has 0 fully saturated rings. The Morgan fingerprint density at radius 1 is 1.19 bits per heavy atom. The van der Waals surface area contributed by atoms with E-state index in [1.54, 1.807) is 0 Å². The highest BCUT2D eigenvalue weighted by molar-refractivity contribution is 5.50. The summed E-state index contributed by atoms with van der Waals surface area (Å²) in [6.07, 6.45) is 2.02. The van der Waals surface area contributed by atoms with Crippen LogP contribution < -0.4 is 10.2 Å². The van der Waals surface area contributed by atoms with E-state index in [4.69, 9.17) is 0 Å². The van der Waals surface area contributed by atoms with Crippen molar-refractivity contribution in [1.29, 1.82) is 0 Å². The standard InChI is InChI=1S/C18H32N2O/c1-14(2)19-18(5,13-21)8-7-9-20(6)17-11-15(3)10-16(4)12-17/h10-12,14,19,21H,7-9,13H2,1-6H3. The summed E-state index contributed by atoms with van der Waals surface area (Å²) < 4.78 is 0. The zero-order valence-electron chi connectivity index (χ0n) is 14.5. The second kappa shape index (κ2) is 7.81. The van der Waals surface area contributed by atoms with Gasteiger partial charge in [-0.3, -0.25) is 0 Å². The van der Waals surface area contributed by atoms with Gasteiger partial charge in [-0.2, -0.15) is 0 Å². The second-order valence-corrected chi connectivity index (χ2v) is 6.89. The van der Waals surface area contributed by atoms with E-state index >= 15 is 0 Å². The van der Waals surface area contributed by atoms with E-state index in [9.17, 15) is 5.11 Å². The normalized spacial score (nSPS) is 14.3. The molecule has 1 atom stereocenters. The lowest BCUT2D eigenvalue weighted by atomic mass is 9.95. The minimum atomic E-state index is -0.183. The minimum absolute atomic E-state index is 0.179. The molecule has 0 aliphatic rings. The molecule has 1 aromatic carbocycles. The Balaban J connectivity index is 2.54. The molecule has 1 rings (SSSR count). The van der Waals surface area contributed by atoms with Crippen LogP contribution in [0.15, 0.2) is 18.2 Å². The SMILES string of the molecule is Cc1cc(C)cc(N(C)CCCC(C)(CO)NC(C)C)c1. The zero-order valence-corrected chi connectivity index (χ0v) is 14.5. The third kappa shape index (κ3) is 6.06.